The van der Waals surface area contributed by atoms with Crippen molar-refractivity contribution in [2.24, 2.45) is 5.92 Å². The van der Waals surface area contributed by atoms with Gasteiger partial charge in [-0.05, 0) is 77.4 Å². The molecule has 5 rings (SSSR count). The highest BCUT2D eigenvalue weighted by Crippen LogP contribution is 2.44. The van der Waals surface area contributed by atoms with E-state index in [9.17, 15) is 4.79 Å². The summed E-state index contributed by atoms with van der Waals surface area (Å²) in [5.74, 6) is 0.299. The number of urea groups is 1. The van der Waals surface area contributed by atoms with Crippen LogP contribution in [0.15, 0.2) is 47.1 Å². The van der Waals surface area contributed by atoms with Gasteiger partial charge in [0.2, 0.25) is 0 Å². The number of aromatic nitrogens is 1. The zero-order chi connectivity index (χ0) is 20.8. The lowest BCUT2D eigenvalue weighted by Crippen LogP contribution is -2.39. The number of amides is 2. The Labute approximate surface area is 190 Å². The van der Waals surface area contributed by atoms with E-state index >= 15 is 0 Å². The summed E-state index contributed by atoms with van der Waals surface area (Å²) in [5, 5.41) is 4.46. The number of nitrogens with zero attached hydrogens (tertiary/aromatic N) is 2. The molecule has 1 aliphatic carbocycles. The highest BCUT2D eigenvalue weighted by Gasteiger charge is 2.36. The third-order valence-corrected chi connectivity index (χ3v) is 8.26. The van der Waals surface area contributed by atoms with Gasteiger partial charge in [-0.2, -0.15) is 0 Å². The van der Waals surface area contributed by atoms with Gasteiger partial charge >= 0.3 is 6.03 Å². The SMILES string of the molecule is CC(C)[C@@H]1c2cccn2-c2sc3c(c2CN1C(=O)Nc1ccccc1Br)CCCC3. The number of hydrogen-bond acceptors (Lipinski definition) is 2. The highest BCUT2D eigenvalue weighted by molar-refractivity contribution is 9.10. The van der Waals surface area contributed by atoms with Crippen LogP contribution >= 0.6 is 27.3 Å². The standard InChI is InChI=1S/C24H26BrN3OS/c1-15(2)22-20-11-7-13-27(20)23-17(16-8-3-6-12-21(16)30-23)14-28(22)24(29)26-19-10-5-4-9-18(19)25/h4-5,7,9-11,13,15,22H,3,6,8,12,14H2,1-2H3,(H,26,29)/t22-/m1/s1. The number of fused-ring (bicyclic) bond motifs is 5. The van der Waals surface area contributed by atoms with Gasteiger partial charge in [0.05, 0.1) is 18.3 Å². The quantitative estimate of drug-likeness (QED) is 0.421. The molecule has 0 bridgehead atoms. The van der Waals surface area contributed by atoms with Gasteiger partial charge in [0.1, 0.15) is 5.00 Å². The number of carbonyl (C=O) groups is 1. The monoisotopic (exact) mass is 483 g/mol. The van der Waals surface area contributed by atoms with Crippen LogP contribution in [-0.4, -0.2) is 15.5 Å². The second-order valence-electron chi connectivity index (χ2n) is 8.52. The number of thiophene rings is 1. The number of aryl methyl sites for hydroxylation is 1. The first kappa shape index (κ1) is 19.9. The summed E-state index contributed by atoms with van der Waals surface area (Å²) in [6.07, 6.45) is 6.97. The van der Waals surface area contributed by atoms with E-state index in [0.717, 1.165) is 16.6 Å². The average molecular weight is 484 g/mol. The fourth-order valence-corrected chi connectivity index (χ4v) is 6.66. The van der Waals surface area contributed by atoms with Crippen LogP contribution in [0.2, 0.25) is 0 Å². The third kappa shape index (κ3) is 3.30. The van der Waals surface area contributed by atoms with E-state index in [0.29, 0.717) is 12.5 Å². The number of halogens is 1. The Morgan fingerprint density at radius 2 is 1.93 bits per heavy atom. The predicted octanol–water partition coefficient (Wildman–Crippen LogP) is 6.92. The molecule has 30 heavy (non-hydrogen) atoms. The van der Waals surface area contributed by atoms with Crippen molar-refractivity contribution in [3.8, 4) is 5.00 Å². The van der Waals surface area contributed by atoms with Gasteiger partial charge in [-0.25, -0.2) is 4.79 Å². The van der Waals surface area contributed by atoms with E-state index in [1.807, 2.05) is 40.5 Å². The van der Waals surface area contributed by atoms with Crippen molar-refractivity contribution in [1.29, 1.82) is 0 Å². The first-order valence-corrected chi connectivity index (χ1v) is 12.3. The summed E-state index contributed by atoms with van der Waals surface area (Å²) in [4.78, 5) is 17.2. The topological polar surface area (TPSA) is 37.3 Å². The molecule has 1 aromatic carbocycles. The Balaban J connectivity index is 1.61. The van der Waals surface area contributed by atoms with Crippen LogP contribution in [0.5, 0.6) is 0 Å². The highest BCUT2D eigenvalue weighted by atomic mass is 79.9. The largest absolute Gasteiger partial charge is 0.322 e. The van der Waals surface area contributed by atoms with E-state index < -0.39 is 0 Å². The van der Waals surface area contributed by atoms with E-state index in [1.54, 1.807) is 0 Å². The molecule has 6 heteroatoms. The van der Waals surface area contributed by atoms with Crippen molar-refractivity contribution in [3.05, 3.63) is 68.8 Å². The molecule has 1 atom stereocenters. The molecule has 3 aromatic rings. The minimum Gasteiger partial charge on any atom is -0.311 e. The number of para-hydroxylation sites is 1. The molecule has 4 nitrogen and oxygen atoms in total. The first-order chi connectivity index (χ1) is 14.5. The second-order valence-corrected chi connectivity index (χ2v) is 10.5. The lowest BCUT2D eigenvalue weighted by atomic mass is 9.94. The summed E-state index contributed by atoms with van der Waals surface area (Å²) in [6, 6.07) is 12.1. The molecular formula is C24H26BrN3OS. The molecule has 2 aliphatic rings. The molecule has 1 aliphatic heterocycles. The van der Waals surface area contributed by atoms with Crippen LogP contribution < -0.4 is 5.32 Å². The number of nitrogens with one attached hydrogen (secondary N) is 1. The molecule has 156 valence electrons. The Kier molecular flexibility index (Phi) is 5.23. The molecule has 0 fully saturated rings. The lowest BCUT2D eigenvalue weighted by Gasteiger charge is -2.33. The Morgan fingerprint density at radius 3 is 2.73 bits per heavy atom. The smallest absolute Gasteiger partial charge is 0.311 e. The fourth-order valence-electron chi connectivity index (χ4n) is 4.87. The number of benzene rings is 1. The van der Waals surface area contributed by atoms with Gasteiger partial charge in [0.15, 0.2) is 0 Å². The molecule has 0 spiro atoms. The molecule has 0 unspecified atom stereocenters. The Morgan fingerprint density at radius 1 is 1.13 bits per heavy atom. The first-order valence-electron chi connectivity index (χ1n) is 10.7. The van der Waals surface area contributed by atoms with Crippen molar-refractivity contribution in [1.82, 2.24) is 9.47 Å². The second kappa shape index (κ2) is 7.89. The van der Waals surface area contributed by atoms with E-state index in [1.165, 1.54) is 46.0 Å². The Bertz CT molecular complexity index is 1100. The van der Waals surface area contributed by atoms with Crippen LogP contribution in [0.25, 0.3) is 5.00 Å². The van der Waals surface area contributed by atoms with Crippen LogP contribution in [0, 0.1) is 5.92 Å². The lowest BCUT2D eigenvalue weighted by molar-refractivity contribution is 0.161. The van der Waals surface area contributed by atoms with Crippen molar-refractivity contribution < 1.29 is 4.79 Å². The number of rotatable bonds is 2. The summed E-state index contributed by atoms with van der Waals surface area (Å²) in [5.41, 5.74) is 4.84. The van der Waals surface area contributed by atoms with Gasteiger partial charge in [0, 0.05) is 26.8 Å². The Hall–Kier alpha value is -2.05. The normalized spacial score (nSPS) is 17.9. The van der Waals surface area contributed by atoms with Crippen molar-refractivity contribution >= 4 is 39.0 Å². The van der Waals surface area contributed by atoms with Crippen LogP contribution in [0.1, 0.15) is 54.4 Å². The van der Waals surface area contributed by atoms with Gasteiger partial charge in [0.25, 0.3) is 0 Å². The van der Waals surface area contributed by atoms with Gasteiger partial charge in [-0.3, -0.25) is 0 Å². The van der Waals surface area contributed by atoms with Crippen molar-refractivity contribution in [2.45, 2.75) is 52.1 Å². The average Bonchev–Trinajstić information content (AvgIpc) is 3.31. The molecule has 0 saturated carbocycles. The zero-order valence-corrected chi connectivity index (χ0v) is 19.7. The third-order valence-electron chi connectivity index (χ3n) is 6.23. The zero-order valence-electron chi connectivity index (χ0n) is 17.3. The van der Waals surface area contributed by atoms with E-state index in [4.69, 9.17) is 0 Å². The molecule has 2 aromatic heterocycles. The number of hydrogen-bond donors (Lipinski definition) is 1. The summed E-state index contributed by atoms with van der Waals surface area (Å²) < 4.78 is 3.24. The number of carbonyl (C=O) groups excluding carboxylic acids is 1. The summed E-state index contributed by atoms with van der Waals surface area (Å²) in [6.45, 7) is 5.06. The molecule has 0 saturated heterocycles. The summed E-state index contributed by atoms with van der Waals surface area (Å²) >= 11 is 5.49. The van der Waals surface area contributed by atoms with Crippen molar-refractivity contribution in [3.63, 3.8) is 0 Å². The number of anilines is 1. The minimum absolute atomic E-state index is 0.0151. The van der Waals surface area contributed by atoms with E-state index in [-0.39, 0.29) is 12.1 Å². The minimum atomic E-state index is -0.0445. The maximum atomic E-state index is 13.6. The molecule has 2 amide bonds. The predicted molar refractivity (Wildman–Crippen MR) is 127 cm³/mol. The molecule has 1 N–H and O–H groups in total. The maximum Gasteiger partial charge on any atom is 0.322 e. The van der Waals surface area contributed by atoms with Crippen LogP contribution in [0.4, 0.5) is 10.5 Å². The van der Waals surface area contributed by atoms with Gasteiger partial charge in [-0.15, -0.1) is 11.3 Å². The molecule has 0 radical (unpaired) electrons. The fraction of sp³-hybridized carbons (Fsp3) is 0.375. The molecular weight excluding hydrogens is 458 g/mol. The van der Waals surface area contributed by atoms with Crippen LogP contribution in [0.3, 0.4) is 0 Å². The van der Waals surface area contributed by atoms with Gasteiger partial charge in [-0.1, -0.05) is 26.0 Å². The molecule has 3 heterocycles. The maximum absolute atomic E-state index is 13.6. The summed E-state index contributed by atoms with van der Waals surface area (Å²) in [7, 11) is 0. The van der Waals surface area contributed by atoms with Gasteiger partial charge < -0.3 is 14.8 Å². The van der Waals surface area contributed by atoms with Crippen LogP contribution in [-0.2, 0) is 19.4 Å². The van der Waals surface area contributed by atoms with Crippen molar-refractivity contribution in [2.75, 3.05) is 5.32 Å². The van der Waals surface area contributed by atoms with E-state index in [2.05, 4.69) is 58.0 Å².